The maximum Gasteiger partial charge on any atom is 0.345 e. The second-order valence-corrected chi connectivity index (χ2v) is 4.52. The zero-order chi connectivity index (χ0) is 10.1. The van der Waals surface area contributed by atoms with Gasteiger partial charge in [-0.25, -0.2) is 9.48 Å². The van der Waals surface area contributed by atoms with Gasteiger partial charge in [0.2, 0.25) is 0 Å². The first-order valence-electron chi connectivity index (χ1n) is 3.70. The topological polar surface area (TPSA) is 55.1 Å². The van der Waals surface area contributed by atoms with Crippen molar-refractivity contribution in [2.45, 2.75) is 0 Å². The third-order valence-electron chi connectivity index (χ3n) is 1.58. The summed E-state index contributed by atoms with van der Waals surface area (Å²) >= 11 is 4.46. The fraction of sp³-hybridized carbons (Fsp3) is 0. The van der Waals surface area contributed by atoms with Crippen molar-refractivity contribution in [3.05, 3.63) is 33.9 Å². The SMILES string of the molecule is O=C(O)c1ccc(-n2cc(Br)cn2)s1. The van der Waals surface area contributed by atoms with Crippen molar-refractivity contribution >= 4 is 33.2 Å². The van der Waals surface area contributed by atoms with E-state index < -0.39 is 5.97 Å². The Balaban J connectivity index is 2.38. The predicted octanol–water partition coefficient (Wildman–Crippen LogP) is 2.39. The molecule has 0 atom stereocenters. The van der Waals surface area contributed by atoms with Gasteiger partial charge in [-0.3, -0.25) is 0 Å². The van der Waals surface area contributed by atoms with Gasteiger partial charge in [0, 0.05) is 6.20 Å². The molecule has 0 fully saturated rings. The molecule has 4 nitrogen and oxygen atoms in total. The van der Waals surface area contributed by atoms with Crippen LogP contribution in [0, 0.1) is 0 Å². The van der Waals surface area contributed by atoms with Crippen LogP contribution in [-0.2, 0) is 0 Å². The number of carboxylic acid groups (broad SMARTS) is 1. The van der Waals surface area contributed by atoms with Crippen molar-refractivity contribution in [1.29, 1.82) is 0 Å². The minimum atomic E-state index is -0.910. The molecule has 2 aromatic rings. The highest BCUT2D eigenvalue weighted by Crippen LogP contribution is 2.21. The average molecular weight is 273 g/mol. The van der Waals surface area contributed by atoms with Gasteiger partial charge in [0.05, 0.1) is 10.7 Å². The van der Waals surface area contributed by atoms with E-state index in [9.17, 15) is 4.79 Å². The molecule has 6 heteroatoms. The minimum Gasteiger partial charge on any atom is -0.477 e. The normalized spacial score (nSPS) is 10.4. The lowest BCUT2D eigenvalue weighted by Crippen LogP contribution is -1.91. The molecular formula is C8H5BrN2O2S. The van der Waals surface area contributed by atoms with Gasteiger partial charge in [-0.1, -0.05) is 0 Å². The molecule has 0 aliphatic carbocycles. The summed E-state index contributed by atoms with van der Waals surface area (Å²) in [4.78, 5) is 10.9. The lowest BCUT2D eigenvalue weighted by atomic mass is 10.5. The van der Waals surface area contributed by atoms with Crippen LogP contribution in [-0.4, -0.2) is 20.9 Å². The standard InChI is InChI=1S/C8H5BrN2O2S/c9-5-3-10-11(4-5)7-2-1-6(14-7)8(12)13/h1-4H,(H,12,13). The summed E-state index contributed by atoms with van der Waals surface area (Å²) in [6.45, 7) is 0. The number of aromatic carboxylic acids is 1. The Morgan fingerprint density at radius 2 is 2.36 bits per heavy atom. The van der Waals surface area contributed by atoms with Gasteiger partial charge in [-0.15, -0.1) is 11.3 Å². The number of carboxylic acids is 1. The highest BCUT2D eigenvalue weighted by molar-refractivity contribution is 9.10. The molecule has 0 saturated carbocycles. The van der Waals surface area contributed by atoms with E-state index in [0.717, 1.165) is 9.47 Å². The van der Waals surface area contributed by atoms with Crippen LogP contribution < -0.4 is 0 Å². The monoisotopic (exact) mass is 272 g/mol. The van der Waals surface area contributed by atoms with Crippen LogP contribution in [0.1, 0.15) is 9.67 Å². The summed E-state index contributed by atoms with van der Waals surface area (Å²) in [5.41, 5.74) is 0. The van der Waals surface area contributed by atoms with Gasteiger partial charge in [-0.2, -0.15) is 5.10 Å². The molecular weight excluding hydrogens is 268 g/mol. The third-order valence-corrected chi connectivity index (χ3v) is 3.05. The second-order valence-electron chi connectivity index (χ2n) is 2.55. The smallest absolute Gasteiger partial charge is 0.345 e. The van der Waals surface area contributed by atoms with Crippen LogP contribution in [0.15, 0.2) is 29.0 Å². The molecule has 2 heterocycles. The molecule has 0 aromatic carbocycles. The summed E-state index contributed by atoms with van der Waals surface area (Å²) < 4.78 is 2.49. The van der Waals surface area contributed by atoms with Crippen molar-refractivity contribution in [3.8, 4) is 5.00 Å². The fourth-order valence-electron chi connectivity index (χ4n) is 0.987. The first kappa shape index (κ1) is 9.42. The maximum atomic E-state index is 10.6. The molecule has 2 rings (SSSR count). The lowest BCUT2D eigenvalue weighted by Gasteiger charge is -1.92. The van der Waals surface area contributed by atoms with Gasteiger partial charge < -0.3 is 5.11 Å². The fourth-order valence-corrected chi connectivity index (χ4v) is 2.05. The van der Waals surface area contributed by atoms with Crippen molar-refractivity contribution in [1.82, 2.24) is 9.78 Å². The third kappa shape index (κ3) is 1.71. The Kier molecular flexibility index (Phi) is 2.39. The number of rotatable bonds is 2. The molecule has 72 valence electrons. The van der Waals surface area contributed by atoms with Crippen LogP contribution in [0.25, 0.3) is 5.00 Å². The van der Waals surface area contributed by atoms with E-state index in [0.29, 0.717) is 4.88 Å². The van der Waals surface area contributed by atoms with Crippen molar-refractivity contribution in [2.24, 2.45) is 0 Å². The summed E-state index contributed by atoms with van der Waals surface area (Å²) in [5.74, 6) is -0.910. The van der Waals surface area contributed by atoms with Gasteiger partial charge in [0.25, 0.3) is 0 Å². The lowest BCUT2D eigenvalue weighted by molar-refractivity contribution is 0.0702. The Morgan fingerprint density at radius 3 is 2.86 bits per heavy atom. The zero-order valence-electron chi connectivity index (χ0n) is 6.85. The minimum absolute atomic E-state index is 0.312. The first-order chi connectivity index (χ1) is 6.66. The Bertz CT molecular complexity index is 477. The number of hydrogen-bond acceptors (Lipinski definition) is 3. The van der Waals surface area contributed by atoms with Crippen LogP contribution in [0.5, 0.6) is 0 Å². The van der Waals surface area contributed by atoms with Gasteiger partial charge in [0.15, 0.2) is 0 Å². The average Bonchev–Trinajstić information content (AvgIpc) is 2.70. The van der Waals surface area contributed by atoms with E-state index in [1.54, 1.807) is 29.2 Å². The molecule has 0 spiro atoms. The Labute approximate surface area is 91.9 Å². The summed E-state index contributed by atoms with van der Waals surface area (Å²) in [5, 5.41) is 13.6. The van der Waals surface area contributed by atoms with Crippen molar-refractivity contribution in [2.75, 3.05) is 0 Å². The van der Waals surface area contributed by atoms with Gasteiger partial charge >= 0.3 is 5.97 Å². The summed E-state index contributed by atoms with van der Waals surface area (Å²) in [7, 11) is 0. The predicted molar refractivity (Wildman–Crippen MR) is 56.1 cm³/mol. The van der Waals surface area contributed by atoms with Gasteiger partial charge in [-0.05, 0) is 28.1 Å². The molecule has 2 aromatic heterocycles. The molecule has 1 N–H and O–H groups in total. The van der Waals surface area contributed by atoms with Crippen molar-refractivity contribution < 1.29 is 9.90 Å². The molecule has 0 saturated heterocycles. The van der Waals surface area contributed by atoms with Gasteiger partial charge in [0.1, 0.15) is 9.88 Å². The summed E-state index contributed by atoms with van der Waals surface area (Å²) in [6.07, 6.45) is 3.43. The van der Waals surface area contributed by atoms with Crippen LogP contribution in [0.2, 0.25) is 0 Å². The number of hydrogen-bond donors (Lipinski definition) is 1. The molecule has 0 radical (unpaired) electrons. The Morgan fingerprint density at radius 1 is 1.57 bits per heavy atom. The summed E-state index contributed by atoms with van der Waals surface area (Å²) in [6, 6.07) is 3.30. The number of halogens is 1. The molecule has 0 aliphatic rings. The highest BCUT2D eigenvalue weighted by atomic mass is 79.9. The second kappa shape index (κ2) is 3.55. The zero-order valence-corrected chi connectivity index (χ0v) is 9.25. The van der Waals surface area contributed by atoms with E-state index in [4.69, 9.17) is 5.11 Å². The van der Waals surface area contributed by atoms with Crippen molar-refractivity contribution in [3.63, 3.8) is 0 Å². The van der Waals surface area contributed by atoms with E-state index >= 15 is 0 Å². The quantitative estimate of drug-likeness (QED) is 0.914. The largest absolute Gasteiger partial charge is 0.477 e. The van der Waals surface area contributed by atoms with E-state index in [1.165, 1.54) is 11.3 Å². The highest BCUT2D eigenvalue weighted by Gasteiger charge is 2.08. The van der Waals surface area contributed by atoms with E-state index in [1.807, 2.05) is 0 Å². The number of nitrogens with zero attached hydrogens (tertiary/aromatic N) is 2. The molecule has 14 heavy (non-hydrogen) atoms. The van der Waals surface area contributed by atoms with Crippen LogP contribution in [0.3, 0.4) is 0 Å². The molecule has 0 aliphatic heterocycles. The number of thiophene rings is 1. The van der Waals surface area contributed by atoms with E-state index in [2.05, 4.69) is 21.0 Å². The van der Waals surface area contributed by atoms with E-state index in [-0.39, 0.29) is 0 Å². The van der Waals surface area contributed by atoms with Crippen LogP contribution >= 0.6 is 27.3 Å². The Hall–Kier alpha value is -1.14. The molecule has 0 amide bonds. The molecule has 0 unspecified atom stereocenters. The number of aromatic nitrogens is 2. The van der Waals surface area contributed by atoms with Crippen LogP contribution in [0.4, 0.5) is 0 Å². The maximum absolute atomic E-state index is 10.6. The first-order valence-corrected chi connectivity index (χ1v) is 5.31. The number of carbonyl (C=O) groups is 1. The molecule has 0 bridgehead atoms.